The molecule has 0 spiro atoms. The smallest absolute Gasteiger partial charge is 0.224 e. The first kappa shape index (κ1) is 26.9. The van der Waals surface area contributed by atoms with E-state index < -0.39 is 10.0 Å². The van der Waals surface area contributed by atoms with Crippen molar-refractivity contribution in [2.45, 2.75) is 24.3 Å². The van der Waals surface area contributed by atoms with E-state index in [0.29, 0.717) is 63.1 Å². The van der Waals surface area contributed by atoms with Crippen LogP contribution in [0.3, 0.4) is 0 Å². The Hall–Kier alpha value is -0.670. The van der Waals surface area contributed by atoms with Gasteiger partial charge in [0.1, 0.15) is 0 Å². The fourth-order valence-corrected chi connectivity index (χ4v) is 7.09. The molecule has 0 saturated carbocycles. The van der Waals surface area contributed by atoms with Crippen molar-refractivity contribution in [3.05, 3.63) is 67.6 Å². The molecule has 1 fully saturated rings. The summed E-state index contributed by atoms with van der Waals surface area (Å²) in [6, 6.07) is 10.2. The van der Waals surface area contributed by atoms with Crippen molar-refractivity contribution in [1.82, 2.24) is 9.62 Å². The van der Waals surface area contributed by atoms with Gasteiger partial charge in [0.25, 0.3) is 0 Å². The first-order valence-electron chi connectivity index (χ1n) is 10.4. The quantitative estimate of drug-likeness (QED) is 0.382. The zero-order valence-electron chi connectivity index (χ0n) is 17.7. The number of nitrogens with zero attached hydrogens (tertiary/aromatic N) is 1. The number of carbonyl (C=O) groups excluding carboxylic acids is 1. The summed E-state index contributed by atoms with van der Waals surface area (Å²) >= 11 is 25.9. The number of hydrogen-bond acceptors (Lipinski definition) is 4. The molecule has 0 bridgehead atoms. The van der Waals surface area contributed by atoms with E-state index in [2.05, 4.69) is 5.32 Å². The highest BCUT2D eigenvalue weighted by Gasteiger charge is 2.32. The van der Waals surface area contributed by atoms with Crippen molar-refractivity contribution in [3.8, 4) is 0 Å². The van der Waals surface area contributed by atoms with Crippen LogP contribution in [0.1, 0.15) is 24.0 Å². The molecule has 2 aromatic rings. The molecule has 33 heavy (non-hydrogen) atoms. The minimum atomic E-state index is -3.58. The molecule has 0 aromatic heterocycles. The predicted octanol–water partition coefficient (Wildman–Crippen LogP) is 5.89. The lowest BCUT2D eigenvalue weighted by atomic mass is 9.99. The van der Waals surface area contributed by atoms with Crippen LogP contribution in [0.5, 0.6) is 0 Å². The lowest BCUT2D eigenvalue weighted by molar-refractivity contribution is -0.125. The zero-order valence-corrected chi connectivity index (χ0v) is 22.4. The maximum atomic E-state index is 12.9. The monoisotopic (exact) mass is 568 g/mol. The summed E-state index contributed by atoms with van der Waals surface area (Å²) < 4.78 is 27.2. The topological polar surface area (TPSA) is 66.5 Å². The van der Waals surface area contributed by atoms with E-state index in [9.17, 15) is 13.2 Å². The van der Waals surface area contributed by atoms with Crippen LogP contribution in [0.15, 0.2) is 36.4 Å². The number of amides is 1. The molecular formula is C22H24Cl4N2O3S2. The average molecular weight is 570 g/mol. The van der Waals surface area contributed by atoms with Crippen LogP contribution in [-0.2, 0) is 26.3 Å². The highest BCUT2D eigenvalue weighted by molar-refractivity contribution is 7.98. The molecule has 3 rings (SSSR count). The van der Waals surface area contributed by atoms with Crippen molar-refractivity contribution >= 4 is 74.1 Å². The predicted molar refractivity (Wildman–Crippen MR) is 139 cm³/mol. The maximum Gasteiger partial charge on any atom is 0.224 e. The van der Waals surface area contributed by atoms with E-state index in [0.717, 1.165) is 5.56 Å². The Morgan fingerprint density at radius 2 is 1.79 bits per heavy atom. The van der Waals surface area contributed by atoms with E-state index in [4.69, 9.17) is 46.4 Å². The van der Waals surface area contributed by atoms with Gasteiger partial charge in [-0.2, -0.15) is 11.8 Å². The second-order valence-corrected chi connectivity index (χ2v) is 12.4. The van der Waals surface area contributed by atoms with E-state index in [1.54, 1.807) is 48.2 Å². The van der Waals surface area contributed by atoms with Crippen LogP contribution in [0.25, 0.3) is 0 Å². The normalized spacial score (nSPS) is 17.2. The van der Waals surface area contributed by atoms with Crippen LogP contribution < -0.4 is 5.32 Å². The number of halogens is 4. The lowest BCUT2D eigenvalue weighted by Crippen LogP contribution is -2.46. The van der Waals surface area contributed by atoms with Crippen LogP contribution in [0.4, 0.5) is 0 Å². The third-order valence-electron chi connectivity index (χ3n) is 5.34. The van der Waals surface area contributed by atoms with Crippen molar-refractivity contribution in [3.63, 3.8) is 0 Å². The van der Waals surface area contributed by atoms with Crippen LogP contribution in [-0.4, -0.2) is 44.0 Å². The highest BCUT2D eigenvalue weighted by atomic mass is 35.5. The van der Waals surface area contributed by atoms with Crippen LogP contribution in [0, 0.1) is 5.92 Å². The minimum Gasteiger partial charge on any atom is -0.355 e. The van der Waals surface area contributed by atoms with E-state index >= 15 is 0 Å². The minimum absolute atomic E-state index is 0.124. The van der Waals surface area contributed by atoms with Gasteiger partial charge in [-0.1, -0.05) is 58.5 Å². The molecule has 1 amide bonds. The molecule has 11 heteroatoms. The maximum absolute atomic E-state index is 12.9. The van der Waals surface area contributed by atoms with E-state index in [1.165, 1.54) is 4.31 Å². The number of hydrogen-bond donors (Lipinski definition) is 1. The number of piperidine rings is 1. The van der Waals surface area contributed by atoms with Crippen molar-refractivity contribution < 1.29 is 13.2 Å². The first-order valence-corrected chi connectivity index (χ1v) is 14.6. The van der Waals surface area contributed by atoms with Gasteiger partial charge in [-0.05, 0) is 48.2 Å². The Bertz CT molecular complexity index is 1080. The molecule has 1 aliphatic heterocycles. The number of rotatable bonds is 9. The molecular weight excluding hydrogens is 546 g/mol. The average Bonchev–Trinajstić information content (AvgIpc) is 2.77. The standard InChI is InChI=1S/C22H24Cl4N2O3S2/c23-18-4-1-5-19(24)17(18)13-32-10-8-27-22(29)16-3-2-9-28(12-16)33(30,31)14-15-6-7-20(25)21(26)11-15/h1,4-7,11,16H,2-3,8-10,12-14H2,(H,27,29). The number of sulfonamides is 1. The van der Waals surface area contributed by atoms with Gasteiger partial charge in [0.05, 0.1) is 21.7 Å². The van der Waals surface area contributed by atoms with Crippen molar-refractivity contribution in [1.29, 1.82) is 0 Å². The fraction of sp³-hybridized carbons (Fsp3) is 0.409. The molecule has 0 radical (unpaired) electrons. The summed E-state index contributed by atoms with van der Waals surface area (Å²) in [5, 5.41) is 4.87. The third kappa shape index (κ3) is 7.66. The summed E-state index contributed by atoms with van der Waals surface area (Å²) in [7, 11) is -3.58. The zero-order chi connectivity index (χ0) is 24.0. The van der Waals surface area contributed by atoms with Crippen LogP contribution >= 0.6 is 58.2 Å². The molecule has 5 nitrogen and oxygen atoms in total. The molecule has 1 N–H and O–H groups in total. The summed E-state index contributed by atoms with van der Waals surface area (Å²) in [4.78, 5) is 12.6. The Kier molecular flexibility index (Phi) is 10.1. The van der Waals surface area contributed by atoms with Crippen molar-refractivity contribution in [2.75, 3.05) is 25.4 Å². The molecule has 1 atom stereocenters. The van der Waals surface area contributed by atoms with Gasteiger partial charge in [0.15, 0.2) is 0 Å². The Morgan fingerprint density at radius 1 is 1.06 bits per heavy atom. The van der Waals surface area contributed by atoms with Gasteiger partial charge < -0.3 is 5.32 Å². The van der Waals surface area contributed by atoms with Crippen molar-refractivity contribution in [2.24, 2.45) is 5.92 Å². The van der Waals surface area contributed by atoms with Gasteiger partial charge in [0.2, 0.25) is 15.9 Å². The summed E-state index contributed by atoms with van der Waals surface area (Å²) in [6.07, 6.45) is 1.30. The summed E-state index contributed by atoms with van der Waals surface area (Å²) in [5.74, 6) is 0.670. The largest absolute Gasteiger partial charge is 0.355 e. The second kappa shape index (κ2) is 12.3. The molecule has 0 aliphatic carbocycles. The number of benzene rings is 2. The summed E-state index contributed by atoms with van der Waals surface area (Å²) in [5.41, 5.74) is 1.44. The van der Waals surface area contributed by atoms with Gasteiger partial charge in [0, 0.05) is 41.2 Å². The van der Waals surface area contributed by atoms with Gasteiger partial charge in [-0.3, -0.25) is 4.79 Å². The van der Waals surface area contributed by atoms with E-state index in [-0.39, 0.29) is 24.1 Å². The number of nitrogens with one attached hydrogen (secondary N) is 1. The number of carbonyl (C=O) groups is 1. The second-order valence-electron chi connectivity index (χ2n) is 7.75. The third-order valence-corrected chi connectivity index (χ3v) is 9.58. The molecule has 2 aromatic carbocycles. The SMILES string of the molecule is O=C(NCCSCc1c(Cl)cccc1Cl)C1CCCN(S(=O)(=O)Cc2ccc(Cl)c(Cl)c2)C1. The van der Waals surface area contributed by atoms with E-state index in [1.807, 2.05) is 0 Å². The summed E-state index contributed by atoms with van der Waals surface area (Å²) in [6.45, 7) is 1.07. The lowest BCUT2D eigenvalue weighted by Gasteiger charge is -2.31. The molecule has 1 unspecified atom stereocenters. The first-order chi connectivity index (χ1) is 15.7. The van der Waals surface area contributed by atoms with Gasteiger partial charge in [-0.25, -0.2) is 12.7 Å². The molecule has 1 aliphatic rings. The molecule has 180 valence electrons. The van der Waals surface area contributed by atoms with Crippen LogP contribution in [0.2, 0.25) is 20.1 Å². The highest BCUT2D eigenvalue weighted by Crippen LogP contribution is 2.28. The Morgan fingerprint density at radius 3 is 2.48 bits per heavy atom. The Balaban J connectivity index is 1.47. The Labute approximate surface area is 219 Å². The number of thioether (sulfide) groups is 1. The molecule has 1 heterocycles. The van der Waals surface area contributed by atoms with Gasteiger partial charge >= 0.3 is 0 Å². The van der Waals surface area contributed by atoms with Gasteiger partial charge in [-0.15, -0.1) is 0 Å². The molecule has 1 saturated heterocycles. The fourth-order valence-electron chi connectivity index (χ4n) is 3.58.